The van der Waals surface area contributed by atoms with Gasteiger partial charge in [0.15, 0.2) is 0 Å². The molecule has 1 saturated carbocycles. The lowest BCUT2D eigenvalue weighted by atomic mass is 10.1. The molecule has 0 bridgehead atoms. The van der Waals surface area contributed by atoms with E-state index in [1.807, 2.05) is 23.9 Å². The topological polar surface area (TPSA) is 46.1 Å². The first-order valence-electron chi connectivity index (χ1n) is 8.01. The number of carbonyl (C=O) groups is 1. The smallest absolute Gasteiger partial charge is 0.268 e. The third-order valence-corrected chi connectivity index (χ3v) is 5.96. The van der Waals surface area contributed by atoms with E-state index in [0.717, 1.165) is 38.0 Å². The molecule has 2 fully saturated rings. The summed E-state index contributed by atoms with van der Waals surface area (Å²) in [4.78, 5) is 12.6. The van der Waals surface area contributed by atoms with Crippen LogP contribution in [0.2, 0.25) is 0 Å². The van der Waals surface area contributed by atoms with Crippen LogP contribution in [0.4, 0.5) is 0 Å². The second-order valence-corrected chi connectivity index (χ2v) is 7.14. The zero-order valence-corrected chi connectivity index (χ0v) is 13.5. The van der Waals surface area contributed by atoms with Crippen LogP contribution in [0.25, 0.3) is 0 Å². The Morgan fingerprint density at radius 2 is 2.14 bits per heavy atom. The van der Waals surface area contributed by atoms with Crippen molar-refractivity contribution >= 4 is 17.7 Å². The molecule has 3 rings (SSSR count). The number of rotatable bonds is 4. The van der Waals surface area contributed by atoms with Crippen molar-refractivity contribution in [3.05, 3.63) is 24.0 Å². The SMILES string of the molecule is CSC1CCCC1NC(=O)c1cccn1C1CCNCC1. The summed E-state index contributed by atoms with van der Waals surface area (Å²) in [6.07, 6.45) is 9.98. The highest BCUT2D eigenvalue weighted by molar-refractivity contribution is 7.99. The molecule has 1 aromatic rings. The molecule has 1 saturated heterocycles. The molecule has 2 unspecified atom stereocenters. The van der Waals surface area contributed by atoms with E-state index >= 15 is 0 Å². The van der Waals surface area contributed by atoms with Crippen LogP contribution in [0.1, 0.15) is 48.6 Å². The summed E-state index contributed by atoms with van der Waals surface area (Å²) < 4.78 is 2.18. The highest BCUT2D eigenvalue weighted by atomic mass is 32.2. The molecule has 2 atom stereocenters. The Kier molecular flexibility index (Phi) is 4.91. The van der Waals surface area contributed by atoms with Crippen molar-refractivity contribution in [3.8, 4) is 0 Å². The second kappa shape index (κ2) is 6.88. The number of nitrogens with zero attached hydrogens (tertiary/aromatic N) is 1. The van der Waals surface area contributed by atoms with E-state index in [1.165, 1.54) is 12.8 Å². The number of carbonyl (C=O) groups excluding carboxylic acids is 1. The summed E-state index contributed by atoms with van der Waals surface area (Å²) in [6.45, 7) is 2.09. The lowest BCUT2D eigenvalue weighted by molar-refractivity contribution is 0.0925. The summed E-state index contributed by atoms with van der Waals surface area (Å²) in [6, 6.07) is 4.75. The standard InChI is InChI=1S/C16H25N3OS/c1-21-15-6-2-4-13(15)18-16(20)14-5-3-11-19(14)12-7-9-17-10-8-12/h3,5,11-13,15,17H,2,4,6-10H2,1H3,(H,18,20). The molecular formula is C16H25N3OS. The zero-order chi connectivity index (χ0) is 14.7. The number of aromatic nitrogens is 1. The molecule has 2 heterocycles. The van der Waals surface area contributed by atoms with E-state index in [-0.39, 0.29) is 5.91 Å². The quantitative estimate of drug-likeness (QED) is 0.898. The fourth-order valence-corrected chi connectivity index (χ4v) is 4.54. The van der Waals surface area contributed by atoms with Crippen molar-refractivity contribution in [2.45, 2.75) is 49.4 Å². The molecule has 0 radical (unpaired) electrons. The maximum atomic E-state index is 12.6. The predicted molar refractivity (Wildman–Crippen MR) is 88.0 cm³/mol. The molecule has 5 heteroatoms. The largest absolute Gasteiger partial charge is 0.347 e. The molecule has 2 N–H and O–H groups in total. The van der Waals surface area contributed by atoms with E-state index < -0.39 is 0 Å². The normalized spacial score (nSPS) is 26.9. The van der Waals surface area contributed by atoms with Crippen molar-refractivity contribution in [2.24, 2.45) is 0 Å². The van der Waals surface area contributed by atoms with Gasteiger partial charge in [-0.3, -0.25) is 4.79 Å². The summed E-state index contributed by atoms with van der Waals surface area (Å²) >= 11 is 1.88. The van der Waals surface area contributed by atoms with Crippen molar-refractivity contribution in [1.82, 2.24) is 15.2 Å². The second-order valence-electron chi connectivity index (χ2n) is 6.07. The van der Waals surface area contributed by atoms with Crippen LogP contribution in [0, 0.1) is 0 Å². The van der Waals surface area contributed by atoms with Crippen LogP contribution in [-0.4, -0.2) is 41.1 Å². The van der Waals surface area contributed by atoms with Crippen molar-refractivity contribution in [1.29, 1.82) is 0 Å². The van der Waals surface area contributed by atoms with Gasteiger partial charge < -0.3 is 15.2 Å². The van der Waals surface area contributed by atoms with Crippen molar-refractivity contribution in [2.75, 3.05) is 19.3 Å². The maximum absolute atomic E-state index is 12.6. The fraction of sp³-hybridized carbons (Fsp3) is 0.688. The number of nitrogens with one attached hydrogen (secondary N) is 2. The summed E-state index contributed by atoms with van der Waals surface area (Å²) in [7, 11) is 0. The highest BCUT2D eigenvalue weighted by Crippen LogP contribution is 2.29. The van der Waals surface area contributed by atoms with Gasteiger partial charge in [-0.25, -0.2) is 0 Å². The van der Waals surface area contributed by atoms with Gasteiger partial charge in [-0.2, -0.15) is 11.8 Å². The molecule has 21 heavy (non-hydrogen) atoms. The van der Waals surface area contributed by atoms with Crippen LogP contribution < -0.4 is 10.6 Å². The molecule has 1 amide bonds. The zero-order valence-electron chi connectivity index (χ0n) is 12.7. The summed E-state index contributed by atoms with van der Waals surface area (Å²) in [5, 5.41) is 7.23. The molecule has 0 spiro atoms. The number of thioether (sulfide) groups is 1. The Balaban J connectivity index is 1.68. The van der Waals surface area contributed by atoms with Gasteiger partial charge in [0.1, 0.15) is 5.69 Å². The van der Waals surface area contributed by atoms with E-state index in [1.54, 1.807) is 0 Å². The Labute approximate surface area is 131 Å². The Hall–Kier alpha value is -0.940. The van der Waals surface area contributed by atoms with Gasteiger partial charge >= 0.3 is 0 Å². The van der Waals surface area contributed by atoms with E-state index in [4.69, 9.17) is 0 Å². The predicted octanol–water partition coefficient (Wildman–Crippen LogP) is 2.43. The van der Waals surface area contributed by atoms with Gasteiger partial charge in [0.2, 0.25) is 0 Å². The molecule has 1 aromatic heterocycles. The fourth-order valence-electron chi connectivity index (χ4n) is 3.61. The number of piperidine rings is 1. The number of hydrogen-bond acceptors (Lipinski definition) is 3. The lowest BCUT2D eigenvalue weighted by Gasteiger charge is -2.26. The molecule has 1 aliphatic carbocycles. The highest BCUT2D eigenvalue weighted by Gasteiger charge is 2.29. The van der Waals surface area contributed by atoms with Crippen molar-refractivity contribution < 1.29 is 4.79 Å². The van der Waals surface area contributed by atoms with Crippen molar-refractivity contribution in [3.63, 3.8) is 0 Å². The average Bonchev–Trinajstić information content (AvgIpc) is 3.16. The third kappa shape index (κ3) is 3.29. The first kappa shape index (κ1) is 15.0. The van der Waals surface area contributed by atoms with E-state index in [2.05, 4.69) is 27.7 Å². The van der Waals surface area contributed by atoms with Crippen LogP contribution in [-0.2, 0) is 0 Å². The molecular weight excluding hydrogens is 282 g/mol. The summed E-state index contributed by atoms with van der Waals surface area (Å²) in [5.41, 5.74) is 0.827. The first-order valence-corrected chi connectivity index (χ1v) is 9.29. The van der Waals surface area contributed by atoms with Gasteiger partial charge in [0.25, 0.3) is 5.91 Å². The van der Waals surface area contributed by atoms with Gasteiger partial charge in [0, 0.05) is 23.5 Å². The van der Waals surface area contributed by atoms with Gasteiger partial charge in [-0.15, -0.1) is 0 Å². The van der Waals surface area contributed by atoms with Gasteiger partial charge in [-0.05, 0) is 57.2 Å². The maximum Gasteiger partial charge on any atom is 0.268 e. The molecule has 0 aromatic carbocycles. The van der Waals surface area contributed by atoms with Crippen LogP contribution in [0.3, 0.4) is 0 Å². The van der Waals surface area contributed by atoms with Gasteiger partial charge in [-0.1, -0.05) is 6.42 Å². The minimum atomic E-state index is 0.101. The minimum absolute atomic E-state index is 0.101. The van der Waals surface area contributed by atoms with Gasteiger partial charge in [0.05, 0.1) is 0 Å². The first-order chi connectivity index (χ1) is 10.3. The van der Waals surface area contributed by atoms with Crippen LogP contribution in [0.15, 0.2) is 18.3 Å². The summed E-state index contributed by atoms with van der Waals surface area (Å²) in [5.74, 6) is 0.101. The van der Waals surface area contributed by atoms with Crippen LogP contribution >= 0.6 is 11.8 Å². The monoisotopic (exact) mass is 307 g/mol. The molecule has 2 aliphatic rings. The lowest BCUT2D eigenvalue weighted by Crippen LogP contribution is -2.40. The Morgan fingerprint density at radius 3 is 2.90 bits per heavy atom. The number of hydrogen-bond donors (Lipinski definition) is 2. The molecule has 1 aliphatic heterocycles. The minimum Gasteiger partial charge on any atom is -0.347 e. The third-order valence-electron chi connectivity index (χ3n) is 4.79. The van der Waals surface area contributed by atoms with E-state index in [0.29, 0.717) is 17.3 Å². The Morgan fingerprint density at radius 1 is 1.33 bits per heavy atom. The Bertz CT molecular complexity index is 482. The molecule has 4 nitrogen and oxygen atoms in total. The number of amides is 1. The average molecular weight is 307 g/mol. The van der Waals surface area contributed by atoms with Crippen LogP contribution in [0.5, 0.6) is 0 Å². The van der Waals surface area contributed by atoms with E-state index in [9.17, 15) is 4.79 Å². The molecule has 116 valence electrons.